The minimum absolute atomic E-state index is 0.0241. The Morgan fingerprint density at radius 3 is 2.56 bits per heavy atom. The molecule has 1 fully saturated rings. The number of aliphatic imine (C=N–C) groups is 1. The highest BCUT2D eigenvalue weighted by atomic mass is 35.5. The molecule has 1 heterocycles. The normalized spacial score (nSPS) is 25.4. The molecule has 3 amide bonds. The number of amides is 3. The number of benzene rings is 1. The third-order valence-corrected chi connectivity index (χ3v) is 6.63. The maximum absolute atomic E-state index is 14.0. The summed E-state index contributed by atoms with van der Waals surface area (Å²) < 4.78 is 32.3. The van der Waals surface area contributed by atoms with Crippen LogP contribution in [0.25, 0.3) is 0 Å². The number of methoxy groups -OCH3 is 1. The van der Waals surface area contributed by atoms with Crippen molar-refractivity contribution in [2.24, 2.45) is 22.6 Å². The van der Waals surface area contributed by atoms with Crippen molar-refractivity contribution < 1.29 is 27.9 Å². The molecule has 2 atom stereocenters. The summed E-state index contributed by atoms with van der Waals surface area (Å²) in [5.74, 6) is -4.35. The number of carbonyl (C=O) groups is 3. The standard InChI is InChI=1S/C22H28ClF2N5O4/c1-11(9-34-2)29-20(32)18-22(21(26)33,28-10-27-18)13-5-3-12(4-6-13)19(31)30-17-15(23)7-14(24)8-16(17)25/h7-8,11-13,28H,3-6,9-10H2,1-2H3,(H2,26,33)(H,29,32)(H,30,31)/t11-,12?,13?,22?/m1/s1. The van der Waals surface area contributed by atoms with Crippen LogP contribution in [-0.4, -0.2) is 55.4 Å². The largest absolute Gasteiger partial charge is 0.383 e. The Hall–Kier alpha value is -2.63. The van der Waals surface area contributed by atoms with Gasteiger partial charge in [0.25, 0.3) is 5.91 Å². The zero-order valence-corrected chi connectivity index (χ0v) is 19.7. The molecule has 0 radical (unpaired) electrons. The smallest absolute Gasteiger partial charge is 0.268 e. The Morgan fingerprint density at radius 1 is 1.29 bits per heavy atom. The minimum Gasteiger partial charge on any atom is -0.383 e. The van der Waals surface area contributed by atoms with Crippen LogP contribution in [0, 0.1) is 23.5 Å². The average Bonchev–Trinajstić information content (AvgIpc) is 3.23. The number of primary amides is 1. The van der Waals surface area contributed by atoms with Crippen LogP contribution < -0.4 is 21.7 Å². The van der Waals surface area contributed by atoms with Crippen LogP contribution in [0.5, 0.6) is 0 Å². The summed E-state index contributed by atoms with van der Waals surface area (Å²) in [6.45, 7) is 2.11. The van der Waals surface area contributed by atoms with Gasteiger partial charge in [-0.15, -0.1) is 0 Å². The quantitative estimate of drug-likeness (QED) is 0.432. The van der Waals surface area contributed by atoms with Crippen LogP contribution >= 0.6 is 11.6 Å². The molecule has 186 valence electrons. The number of nitrogens with zero attached hydrogens (tertiary/aromatic N) is 1. The van der Waals surface area contributed by atoms with E-state index in [1.807, 2.05) is 0 Å². The number of nitrogens with two attached hydrogens (primary N) is 1. The molecule has 2 aliphatic rings. The summed E-state index contributed by atoms with van der Waals surface area (Å²) in [6, 6.07) is 1.25. The van der Waals surface area contributed by atoms with E-state index in [4.69, 9.17) is 22.1 Å². The fourth-order valence-corrected chi connectivity index (χ4v) is 4.95. The molecule has 3 rings (SSSR count). The maximum atomic E-state index is 14.0. The van der Waals surface area contributed by atoms with Crippen molar-refractivity contribution in [1.82, 2.24) is 10.6 Å². The predicted octanol–water partition coefficient (Wildman–Crippen LogP) is 1.74. The van der Waals surface area contributed by atoms with Crippen molar-refractivity contribution in [3.05, 3.63) is 28.8 Å². The molecule has 5 N–H and O–H groups in total. The molecule has 9 nitrogen and oxygen atoms in total. The fourth-order valence-electron chi connectivity index (χ4n) is 4.70. The highest BCUT2D eigenvalue weighted by molar-refractivity contribution is 6.47. The van der Waals surface area contributed by atoms with Gasteiger partial charge in [-0.2, -0.15) is 0 Å². The van der Waals surface area contributed by atoms with Crippen molar-refractivity contribution in [3.63, 3.8) is 0 Å². The van der Waals surface area contributed by atoms with Gasteiger partial charge in [0, 0.05) is 25.1 Å². The number of anilines is 1. The van der Waals surface area contributed by atoms with Crippen LogP contribution in [0.2, 0.25) is 5.02 Å². The van der Waals surface area contributed by atoms with E-state index >= 15 is 0 Å². The van der Waals surface area contributed by atoms with E-state index in [-0.39, 0.29) is 41.7 Å². The van der Waals surface area contributed by atoms with Gasteiger partial charge in [-0.3, -0.25) is 24.7 Å². The first-order valence-electron chi connectivity index (χ1n) is 10.9. The fraction of sp³-hybridized carbons (Fsp3) is 0.545. The van der Waals surface area contributed by atoms with Gasteiger partial charge >= 0.3 is 0 Å². The van der Waals surface area contributed by atoms with Crippen molar-refractivity contribution in [2.45, 2.75) is 44.2 Å². The number of hydrogen-bond donors (Lipinski definition) is 4. The highest BCUT2D eigenvalue weighted by Gasteiger charge is 2.54. The van der Waals surface area contributed by atoms with Crippen molar-refractivity contribution in [1.29, 1.82) is 0 Å². The van der Waals surface area contributed by atoms with Gasteiger partial charge in [0.2, 0.25) is 11.8 Å². The lowest BCUT2D eigenvalue weighted by Crippen LogP contribution is -2.66. The number of ether oxygens (including phenoxy) is 1. The summed E-state index contributed by atoms with van der Waals surface area (Å²) in [6.07, 6.45) is 1.52. The van der Waals surface area contributed by atoms with Crippen LogP contribution in [0.1, 0.15) is 32.6 Å². The molecular weight excluding hydrogens is 472 g/mol. The first kappa shape index (κ1) is 26.0. The molecule has 12 heteroatoms. The van der Waals surface area contributed by atoms with E-state index in [1.165, 1.54) is 7.11 Å². The van der Waals surface area contributed by atoms with Crippen LogP contribution in [-0.2, 0) is 19.1 Å². The Balaban J connectivity index is 1.69. The van der Waals surface area contributed by atoms with E-state index < -0.39 is 40.8 Å². The topological polar surface area (TPSA) is 135 Å². The first-order valence-corrected chi connectivity index (χ1v) is 11.3. The Kier molecular flexibility index (Phi) is 8.21. The molecule has 34 heavy (non-hydrogen) atoms. The van der Waals surface area contributed by atoms with Gasteiger partial charge in [0.1, 0.15) is 17.1 Å². The first-order chi connectivity index (χ1) is 16.1. The molecule has 1 saturated carbocycles. The second kappa shape index (κ2) is 10.7. The number of hydrogen-bond acceptors (Lipinski definition) is 6. The van der Waals surface area contributed by atoms with E-state index in [1.54, 1.807) is 6.92 Å². The summed E-state index contributed by atoms with van der Waals surface area (Å²) in [7, 11) is 1.51. The second-order valence-electron chi connectivity index (χ2n) is 8.63. The molecule has 1 unspecified atom stereocenters. The van der Waals surface area contributed by atoms with E-state index in [2.05, 4.69) is 20.9 Å². The molecule has 0 bridgehead atoms. The van der Waals surface area contributed by atoms with Gasteiger partial charge < -0.3 is 21.1 Å². The molecule has 1 aromatic carbocycles. The third-order valence-electron chi connectivity index (χ3n) is 6.33. The maximum Gasteiger partial charge on any atom is 0.268 e. The molecule has 1 aliphatic heterocycles. The van der Waals surface area contributed by atoms with Gasteiger partial charge in [-0.25, -0.2) is 8.78 Å². The van der Waals surface area contributed by atoms with Crippen LogP contribution in [0.4, 0.5) is 14.5 Å². The Bertz CT molecular complexity index is 977. The summed E-state index contributed by atoms with van der Waals surface area (Å²) in [4.78, 5) is 42.4. The highest BCUT2D eigenvalue weighted by Crippen LogP contribution is 2.39. The number of rotatable bonds is 8. The molecule has 1 aliphatic carbocycles. The number of carbonyl (C=O) groups excluding carboxylic acids is 3. The van der Waals surface area contributed by atoms with Crippen molar-refractivity contribution >= 4 is 40.7 Å². The van der Waals surface area contributed by atoms with Crippen molar-refractivity contribution in [3.8, 4) is 0 Å². The van der Waals surface area contributed by atoms with E-state index in [9.17, 15) is 23.2 Å². The number of halogens is 3. The Morgan fingerprint density at radius 2 is 1.97 bits per heavy atom. The lowest BCUT2D eigenvalue weighted by molar-refractivity contribution is -0.126. The molecule has 0 spiro atoms. The van der Waals surface area contributed by atoms with Gasteiger partial charge in [-0.1, -0.05) is 11.6 Å². The van der Waals surface area contributed by atoms with E-state index in [0.29, 0.717) is 31.7 Å². The van der Waals surface area contributed by atoms with Gasteiger partial charge in [0.15, 0.2) is 5.82 Å². The average molecular weight is 500 g/mol. The Labute approximate surface area is 200 Å². The molecule has 0 aromatic heterocycles. The van der Waals surface area contributed by atoms with Crippen LogP contribution in [0.3, 0.4) is 0 Å². The zero-order chi connectivity index (χ0) is 25.0. The lowest BCUT2D eigenvalue weighted by Gasteiger charge is -2.39. The van der Waals surface area contributed by atoms with Crippen molar-refractivity contribution in [2.75, 3.05) is 25.7 Å². The van der Waals surface area contributed by atoms with Gasteiger partial charge in [0.05, 0.1) is 24.0 Å². The molecular formula is C22H28ClF2N5O4. The van der Waals surface area contributed by atoms with E-state index in [0.717, 1.165) is 6.07 Å². The second-order valence-corrected chi connectivity index (χ2v) is 9.03. The zero-order valence-electron chi connectivity index (χ0n) is 18.9. The lowest BCUT2D eigenvalue weighted by atomic mass is 9.69. The third kappa shape index (κ3) is 5.21. The monoisotopic (exact) mass is 499 g/mol. The SMILES string of the molecule is COC[C@@H](C)NC(=O)C1=NCNC1(C(N)=O)C1CCC(C(=O)Nc2c(F)cc(F)cc2Cl)CC1. The summed E-state index contributed by atoms with van der Waals surface area (Å²) in [5.41, 5.74) is 4.06. The predicted molar refractivity (Wildman–Crippen MR) is 122 cm³/mol. The summed E-state index contributed by atoms with van der Waals surface area (Å²) >= 11 is 5.87. The van der Waals surface area contributed by atoms with Gasteiger partial charge in [-0.05, 0) is 44.6 Å². The minimum atomic E-state index is -1.45. The van der Waals surface area contributed by atoms with Crippen LogP contribution in [0.15, 0.2) is 17.1 Å². The number of nitrogens with one attached hydrogen (secondary N) is 3. The molecule has 1 aromatic rings. The summed E-state index contributed by atoms with van der Waals surface area (Å²) in [5, 5.41) is 7.96. The molecule has 0 saturated heterocycles.